The van der Waals surface area contributed by atoms with Gasteiger partial charge in [0.05, 0.1) is 6.04 Å². The van der Waals surface area contributed by atoms with Crippen molar-refractivity contribution in [2.45, 2.75) is 45.2 Å². The van der Waals surface area contributed by atoms with E-state index in [2.05, 4.69) is 36.6 Å². The van der Waals surface area contributed by atoms with Crippen LogP contribution < -0.4 is 10.6 Å². The molecule has 1 aromatic rings. The smallest absolute Gasteiger partial charge is 0.221 e. The SMILES string of the molecule is CC(C)C(NC(=O)CCNC1CC1)c1ccccc1. The first-order chi connectivity index (χ1) is 9.16. The molecule has 104 valence electrons. The number of carbonyl (C=O) groups excluding carboxylic acids is 1. The minimum Gasteiger partial charge on any atom is -0.349 e. The van der Waals surface area contributed by atoms with Gasteiger partial charge >= 0.3 is 0 Å². The fraction of sp³-hybridized carbons (Fsp3) is 0.562. The van der Waals surface area contributed by atoms with Crippen LogP contribution in [0.15, 0.2) is 30.3 Å². The van der Waals surface area contributed by atoms with Crippen molar-refractivity contribution in [1.29, 1.82) is 0 Å². The van der Waals surface area contributed by atoms with Gasteiger partial charge in [-0.25, -0.2) is 0 Å². The van der Waals surface area contributed by atoms with Gasteiger partial charge in [0.2, 0.25) is 5.91 Å². The van der Waals surface area contributed by atoms with Crippen LogP contribution in [0, 0.1) is 5.92 Å². The Morgan fingerprint density at radius 1 is 1.26 bits per heavy atom. The van der Waals surface area contributed by atoms with Gasteiger partial charge in [-0.1, -0.05) is 44.2 Å². The Labute approximate surface area is 115 Å². The summed E-state index contributed by atoms with van der Waals surface area (Å²) in [6.07, 6.45) is 3.09. The van der Waals surface area contributed by atoms with Gasteiger partial charge < -0.3 is 10.6 Å². The van der Waals surface area contributed by atoms with E-state index >= 15 is 0 Å². The molecule has 0 aliphatic heterocycles. The average molecular weight is 260 g/mol. The lowest BCUT2D eigenvalue weighted by Gasteiger charge is -2.23. The lowest BCUT2D eigenvalue weighted by atomic mass is 9.96. The van der Waals surface area contributed by atoms with Gasteiger partial charge in [-0.05, 0) is 24.3 Å². The molecule has 0 bridgehead atoms. The Kier molecular flexibility index (Phi) is 4.97. The summed E-state index contributed by atoms with van der Waals surface area (Å²) in [6, 6.07) is 11.0. The molecule has 1 aromatic carbocycles. The minimum absolute atomic E-state index is 0.106. The first-order valence-corrected chi connectivity index (χ1v) is 7.24. The quantitative estimate of drug-likeness (QED) is 0.791. The van der Waals surface area contributed by atoms with Crippen LogP contribution in [0.2, 0.25) is 0 Å². The third kappa shape index (κ3) is 4.67. The van der Waals surface area contributed by atoms with Crippen LogP contribution in [0.5, 0.6) is 0 Å². The number of rotatable bonds is 7. The topological polar surface area (TPSA) is 41.1 Å². The maximum absolute atomic E-state index is 12.0. The summed E-state index contributed by atoms with van der Waals surface area (Å²) in [5, 5.41) is 6.52. The molecule has 19 heavy (non-hydrogen) atoms. The zero-order chi connectivity index (χ0) is 13.7. The van der Waals surface area contributed by atoms with Crippen LogP contribution in [0.1, 0.15) is 44.7 Å². The zero-order valence-corrected chi connectivity index (χ0v) is 11.9. The lowest BCUT2D eigenvalue weighted by Crippen LogP contribution is -2.34. The molecule has 1 atom stereocenters. The number of amides is 1. The summed E-state index contributed by atoms with van der Waals surface area (Å²) in [5.74, 6) is 0.526. The second-order valence-electron chi connectivity index (χ2n) is 5.68. The van der Waals surface area contributed by atoms with E-state index < -0.39 is 0 Å². The number of hydrogen-bond donors (Lipinski definition) is 2. The van der Waals surface area contributed by atoms with Gasteiger partial charge in [-0.15, -0.1) is 0 Å². The Hall–Kier alpha value is -1.35. The van der Waals surface area contributed by atoms with E-state index in [1.54, 1.807) is 0 Å². The van der Waals surface area contributed by atoms with Crippen LogP contribution in [0.25, 0.3) is 0 Å². The summed E-state index contributed by atoms with van der Waals surface area (Å²) < 4.78 is 0. The molecule has 0 heterocycles. The fourth-order valence-corrected chi connectivity index (χ4v) is 2.22. The minimum atomic E-state index is 0.106. The van der Waals surface area contributed by atoms with E-state index in [1.165, 1.54) is 18.4 Å². The second-order valence-corrected chi connectivity index (χ2v) is 5.68. The number of nitrogens with one attached hydrogen (secondary N) is 2. The summed E-state index contributed by atoms with van der Waals surface area (Å²) in [5.41, 5.74) is 1.18. The van der Waals surface area contributed by atoms with E-state index in [9.17, 15) is 4.79 Å². The maximum Gasteiger partial charge on any atom is 0.221 e. The van der Waals surface area contributed by atoms with Gasteiger partial charge in [0.15, 0.2) is 0 Å². The molecular weight excluding hydrogens is 236 g/mol. The zero-order valence-electron chi connectivity index (χ0n) is 11.9. The van der Waals surface area contributed by atoms with Gasteiger partial charge in [-0.2, -0.15) is 0 Å². The molecule has 2 rings (SSSR count). The van der Waals surface area contributed by atoms with Crippen LogP contribution in [-0.2, 0) is 4.79 Å². The highest BCUT2D eigenvalue weighted by atomic mass is 16.1. The molecule has 0 radical (unpaired) electrons. The Balaban J connectivity index is 1.83. The van der Waals surface area contributed by atoms with Crippen LogP contribution >= 0.6 is 0 Å². The first-order valence-electron chi connectivity index (χ1n) is 7.24. The monoisotopic (exact) mass is 260 g/mol. The van der Waals surface area contributed by atoms with Gasteiger partial charge in [-0.3, -0.25) is 4.79 Å². The van der Waals surface area contributed by atoms with Gasteiger partial charge in [0.1, 0.15) is 0 Å². The van der Waals surface area contributed by atoms with Crippen molar-refractivity contribution >= 4 is 5.91 Å². The fourth-order valence-electron chi connectivity index (χ4n) is 2.22. The van der Waals surface area contributed by atoms with E-state index in [1.807, 2.05) is 18.2 Å². The molecule has 1 amide bonds. The first kappa shape index (κ1) is 14.1. The molecule has 1 unspecified atom stereocenters. The van der Waals surface area contributed by atoms with Crippen molar-refractivity contribution in [2.24, 2.45) is 5.92 Å². The molecule has 3 nitrogen and oxygen atoms in total. The molecular formula is C16H24N2O. The summed E-state index contributed by atoms with van der Waals surface area (Å²) >= 11 is 0. The standard InChI is InChI=1S/C16H24N2O/c1-12(2)16(13-6-4-3-5-7-13)18-15(19)10-11-17-14-8-9-14/h3-7,12,14,16-17H,8-11H2,1-2H3,(H,18,19). The van der Waals surface area contributed by atoms with E-state index in [4.69, 9.17) is 0 Å². The summed E-state index contributed by atoms with van der Waals surface area (Å²) in [6.45, 7) is 5.07. The Morgan fingerprint density at radius 2 is 1.95 bits per heavy atom. The van der Waals surface area contributed by atoms with E-state index in [-0.39, 0.29) is 11.9 Å². The van der Waals surface area contributed by atoms with E-state index in [0.717, 1.165) is 6.54 Å². The maximum atomic E-state index is 12.0. The van der Waals surface area contributed by atoms with Gasteiger partial charge in [0.25, 0.3) is 0 Å². The predicted molar refractivity (Wildman–Crippen MR) is 77.8 cm³/mol. The molecule has 0 saturated heterocycles. The number of hydrogen-bond acceptors (Lipinski definition) is 2. The van der Waals surface area contributed by atoms with Crippen molar-refractivity contribution in [1.82, 2.24) is 10.6 Å². The van der Waals surface area contributed by atoms with Crippen molar-refractivity contribution in [3.8, 4) is 0 Å². The normalized spacial score (nSPS) is 16.4. The molecule has 0 aromatic heterocycles. The second kappa shape index (κ2) is 6.71. The molecule has 3 heteroatoms. The van der Waals surface area contributed by atoms with Gasteiger partial charge in [0, 0.05) is 19.0 Å². The van der Waals surface area contributed by atoms with Crippen LogP contribution in [0.3, 0.4) is 0 Å². The van der Waals surface area contributed by atoms with E-state index in [0.29, 0.717) is 18.4 Å². The molecule has 0 spiro atoms. The highest BCUT2D eigenvalue weighted by Gasteiger charge is 2.21. The molecule has 1 saturated carbocycles. The third-order valence-electron chi connectivity index (χ3n) is 3.50. The van der Waals surface area contributed by atoms with Crippen molar-refractivity contribution in [3.05, 3.63) is 35.9 Å². The van der Waals surface area contributed by atoms with Crippen molar-refractivity contribution in [2.75, 3.05) is 6.54 Å². The van der Waals surface area contributed by atoms with Crippen LogP contribution in [0.4, 0.5) is 0 Å². The molecule has 1 fully saturated rings. The average Bonchev–Trinajstić information content (AvgIpc) is 3.21. The molecule has 2 N–H and O–H groups in total. The largest absolute Gasteiger partial charge is 0.349 e. The summed E-state index contributed by atoms with van der Waals surface area (Å²) in [4.78, 5) is 12.0. The number of benzene rings is 1. The lowest BCUT2D eigenvalue weighted by molar-refractivity contribution is -0.122. The van der Waals surface area contributed by atoms with Crippen molar-refractivity contribution < 1.29 is 4.79 Å². The van der Waals surface area contributed by atoms with Crippen LogP contribution in [-0.4, -0.2) is 18.5 Å². The highest BCUT2D eigenvalue weighted by molar-refractivity contribution is 5.76. The molecule has 1 aliphatic rings. The Morgan fingerprint density at radius 3 is 2.53 bits per heavy atom. The highest BCUT2D eigenvalue weighted by Crippen LogP contribution is 2.21. The number of carbonyl (C=O) groups is 1. The predicted octanol–water partition coefficient (Wildman–Crippen LogP) is 2.64. The molecule has 1 aliphatic carbocycles. The Bertz CT molecular complexity index is 398. The van der Waals surface area contributed by atoms with Crippen molar-refractivity contribution in [3.63, 3.8) is 0 Å². The summed E-state index contributed by atoms with van der Waals surface area (Å²) in [7, 11) is 0. The third-order valence-corrected chi connectivity index (χ3v) is 3.50.